The van der Waals surface area contributed by atoms with Crippen molar-refractivity contribution in [3.8, 4) is 5.75 Å². The van der Waals surface area contributed by atoms with Crippen LogP contribution in [0.4, 0.5) is 0 Å². The zero-order chi connectivity index (χ0) is 13.1. The largest absolute Gasteiger partial charge is 0.497 e. The van der Waals surface area contributed by atoms with Crippen LogP contribution in [0.5, 0.6) is 5.75 Å². The molecular weight excluding hydrogens is 316 g/mol. The van der Waals surface area contributed by atoms with Crippen LogP contribution in [0.3, 0.4) is 0 Å². The summed E-state index contributed by atoms with van der Waals surface area (Å²) in [5, 5.41) is 11.0. The van der Waals surface area contributed by atoms with Gasteiger partial charge in [-0.2, -0.15) is 0 Å². The lowest BCUT2D eigenvalue weighted by Gasteiger charge is -2.14. The Bertz CT molecular complexity index is 540. The van der Waals surface area contributed by atoms with Crippen LogP contribution < -0.4 is 4.74 Å². The molecule has 0 aliphatic heterocycles. The summed E-state index contributed by atoms with van der Waals surface area (Å²) in [4.78, 5) is 0. The molecule has 0 spiro atoms. The summed E-state index contributed by atoms with van der Waals surface area (Å²) in [7, 11) is 1.60. The zero-order valence-corrected chi connectivity index (χ0v) is 12.1. The minimum absolute atomic E-state index is 0.649. The second-order valence-electron chi connectivity index (χ2n) is 3.84. The van der Waals surface area contributed by atoms with Crippen LogP contribution in [0.1, 0.15) is 17.2 Å². The quantitative estimate of drug-likeness (QED) is 0.916. The van der Waals surface area contributed by atoms with Gasteiger partial charge in [0.2, 0.25) is 0 Å². The van der Waals surface area contributed by atoms with Gasteiger partial charge in [0, 0.05) is 15.1 Å². The van der Waals surface area contributed by atoms with Gasteiger partial charge in [0.15, 0.2) is 0 Å². The van der Waals surface area contributed by atoms with E-state index in [2.05, 4.69) is 15.9 Å². The first-order chi connectivity index (χ1) is 8.61. The first-order valence-electron chi connectivity index (χ1n) is 5.39. The monoisotopic (exact) mass is 326 g/mol. The summed E-state index contributed by atoms with van der Waals surface area (Å²) in [6.07, 6.45) is -0.716. The summed E-state index contributed by atoms with van der Waals surface area (Å²) in [6, 6.07) is 12.6. The van der Waals surface area contributed by atoms with E-state index in [4.69, 9.17) is 16.3 Å². The molecule has 2 nitrogen and oxygen atoms in total. The van der Waals surface area contributed by atoms with E-state index in [-0.39, 0.29) is 0 Å². The fourth-order valence-electron chi connectivity index (χ4n) is 1.68. The van der Waals surface area contributed by atoms with Crippen molar-refractivity contribution in [3.63, 3.8) is 0 Å². The number of rotatable bonds is 3. The number of hydrogen-bond donors (Lipinski definition) is 1. The van der Waals surface area contributed by atoms with Gasteiger partial charge >= 0.3 is 0 Å². The van der Waals surface area contributed by atoms with E-state index in [0.29, 0.717) is 10.8 Å². The topological polar surface area (TPSA) is 29.5 Å². The van der Waals surface area contributed by atoms with Crippen molar-refractivity contribution in [2.75, 3.05) is 7.11 Å². The van der Waals surface area contributed by atoms with Crippen LogP contribution in [0.25, 0.3) is 0 Å². The van der Waals surface area contributed by atoms with E-state index in [1.807, 2.05) is 18.2 Å². The van der Waals surface area contributed by atoms with Gasteiger partial charge in [-0.3, -0.25) is 0 Å². The molecule has 18 heavy (non-hydrogen) atoms. The van der Waals surface area contributed by atoms with Crippen molar-refractivity contribution in [2.24, 2.45) is 0 Å². The summed E-state index contributed by atoms with van der Waals surface area (Å²) in [5.74, 6) is 0.709. The van der Waals surface area contributed by atoms with Crippen molar-refractivity contribution in [1.82, 2.24) is 0 Å². The van der Waals surface area contributed by atoms with Crippen molar-refractivity contribution in [3.05, 3.63) is 63.1 Å². The highest BCUT2D eigenvalue weighted by Gasteiger charge is 2.14. The minimum atomic E-state index is -0.716. The molecule has 1 N–H and O–H groups in total. The highest BCUT2D eigenvalue weighted by Crippen LogP contribution is 2.31. The SMILES string of the molecule is COc1ccc(Br)c(C(O)c2ccc(Cl)cc2)c1. The molecule has 2 aromatic carbocycles. The smallest absolute Gasteiger partial charge is 0.119 e. The van der Waals surface area contributed by atoms with Crippen molar-refractivity contribution in [2.45, 2.75) is 6.10 Å². The van der Waals surface area contributed by atoms with Crippen molar-refractivity contribution in [1.29, 1.82) is 0 Å². The highest BCUT2D eigenvalue weighted by atomic mass is 79.9. The third-order valence-corrected chi connectivity index (χ3v) is 3.66. The molecule has 2 aromatic rings. The minimum Gasteiger partial charge on any atom is -0.497 e. The Morgan fingerprint density at radius 3 is 2.44 bits per heavy atom. The molecule has 0 saturated carbocycles. The molecule has 4 heteroatoms. The number of benzene rings is 2. The third kappa shape index (κ3) is 2.86. The molecule has 0 aromatic heterocycles. The first kappa shape index (κ1) is 13.4. The molecule has 0 radical (unpaired) electrons. The van der Waals surface area contributed by atoms with Crippen molar-refractivity contribution >= 4 is 27.5 Å². The maximum absolute atomic E-state index is 10.4. The van der Waals surface area contributed by atoms with Gasteiger partial charge in [-0.1, -0.05) is 39.7 Å². The van der Waals surface area contributed by atoms with Gasteiger partial charge < -0.3 is 9.84 Å². The number of methoxy groups -OCH3 is 1. The highest BCUT2D eigenvalue weighted by molar-refractivity contribution is 9.10. The lowest BCUT2D eigenvalue weighted by Crippen LogP contribution is -2.01. The lowest BCUT2D eigenvalue weighted by molar-refractivity contribution is 0.219. The molecule has 0 amide bonds. The molecule has 2 rings (SSSR count). The number of ether oxygens (including phenoxy) is 1. The van der Waals surface area contributed by atoms with E-state index >= 15 is 0 Å². The Balaban J connectivity index is 2.38. The summed E-state index contributed by atoms with van der Waals surface area (Å²) >= 11 is 9.26. The van der Waals surface area contributed by atoms with E-state index in [0.717, 1.165) is 15.6 Å². The Labute approximate surface area is 119 Å². The van der Waals surface area contributed by atoms with Gasteiger partial charge in [0.1, 0.15) is 11.9 Å². The summed E-state index contributed by atoms with van der Waals surface area (Å²) < 4.78 is 6.00. The van der Waals surface area contributed by atoms with Crippen molar-refractivity contribution < 1.29 is 9.84 Å². The van der Waals surface area contributed by atoms with E-state index in [1.54, 1.807) is 31.4 Å². The second kappa shape index (κ2) is 5.74. The van der Waals surface area contributed by atoms with E-state index in [1.165, 1.54) is 0 Å². The number of hydrogen-bond acceptors (Lipinski definition) is 2. The first-order valence-corrected chi connectivity index (χ1v) is 6.56. The van der Waals surface area contributed by atoms with E-state index < -0.39 is 6.10 Å². The fraction of sp³-hybridized carbons (Fsp3) is 0.143. The van der Waals surface area contributed by atoms with Crippen LogP contribution >= 0.6 is 27.5 Å². The number of halogens is 2. The second-order valence-corrected chi connectivity index (χ2v) is 5.13. The Hall–Kier alpha value is -1.03. The van der Waals surface area contributed by atoms with Crippen LogP contribution in [0, 0.1) is 0 Å². The molecule has 1 unspecified atom stereocenters. The average molecular weight is 328 g/mol. The molecule has 0 saturated heterocycles. The van der Waals surface area contributed by atoms with Crippen LogP contribution in [0.15, 0.2) is 46.9 Å². The fourth-order valence-corrected chi connectivity index (χ4v) is 2.27. The predicted molar refractivity (Wildman–Crippen MR) is 76.2 cm³/mol. The Morgan fingerprint density at radius 2 is 1.83 bits per heavy atom. The Morgan fingerprint density at radius 1 is 1.17 bits per heavy atom. The van der Waals surface area contributed by atoms with Gasteiger partial charge in [-0.05, 0) is 35.9 Å². The van der Waals surface area contributed by atoms with Gasteiger partial charge in [0.05, 0.1) is 7.11 Å². The number of aliphatic hydroxyl groups excluding tert-OH is 1. The summed E-state index contributed by atoms with van der Waals surface area (Å²) in [5.41, 5.74) is 1.55. The molecule has 0 bridgehead atoms. The predicted octanol–water partition coefficient (Wildman–Crippen LogP) is 4.19. The standard InChI is InChI=1S/C14H12BrClO2/c1-18-11-6-7-13(15)12(8-11)14(17)9-2-4-10(16)5-3-9/h2-8,14,17H,1H3. The molecular formula is C14H12BrClO2. The lowest BCUT2D eigenvalue weighted by atomic mass is 10.0. The molecule has 94 valence electrons. The molecule has 1 atom stereocenters. The van der Waals surface area contributed by atoms with Gasteiger partial charge in [-0.15, -0.1) is 0 Å². The van der Waals surface area contributed by atoms with Crippen LogP contribution in [-0.2, 0) is 0 Å². The molecule has 0 aliphatic rings. The zero-order valence-electron chi connectivity index (χ0n) is 9.73. The maximum atomic E-state index is 10.4. The molecule has 0 fully saturated rings. The van der Waals surface area contributed by atoms with Gasteiger partial charge in [0.25, 0.3) is 0 Å². The molecule has 0 heterocycles. The van der Waals surface area contributed by atoms with Gasteiger partial charge in [-0.25, -0.2) is 0 Å². The average Bonchev–Trinajstić information content (AvgIpc) is 2.39. The number of aliphatic hydroxyl groups is 1. The van der Waals surface area contributed by atoms with E-state index in [9.17, 15) is 5.11 Å². The van der Waals surface area contributed by atoms with Crippen LogP contribution in [0.2, 0.25) is 5.02 Å². The third-order valence-electron chi connectivity index (χ3n) is 2.68. The summed E-state index contributed by atoms with van der Waals surface area (Å²) in [6.45, 7) is 0. The Kier molecular flexibility index (Phi) is 4.27. The maximum Gasteiger partial charge on any atom is 0.119 e. The van der Waals surface area contributed by atoms with Crippen LogP contribution in [-0.4, -0.2) is 12.2 Å². The normalized spacial score (nSPS) is 12.2. The molecule has 0 aliphatic carbocycles.